The van der Waals surface area contributed by atoms with E-state index in [9.17, 15) is 4.79 Å². The molecule has 0 bridgehead atoms. The quantitative estimate of drug-likeness (QED) is 0.734. The maximum atomic E-state index is 13.0. The fourth-order valence-corrected chi connectivity index (χ4v) is 3.92. The predicted molar refractivity (Wildman–Crippen MR) is 102 cm³/mol. The summed E-state index contributed by atoms with van der Waals surface area (Å²) < 4.78 is 0.815. The smallest absolute Gasteiger partial charge is 0.274 e. The zero-order chi connectivity index (χ0) is 18.1. The first-order valence-corrected chi connectivity index (χ1v) is 9.46. The highest BCUT2D eigenvalue weighted by Crippen LogP contribution is 2.27. The number of carbonyl (C=O) groups is 1. The van der Waals surface area contributed by atoms with Gasteiger partial charge in [0.05, 0.1) is 16.3 Å². The minimum atomic E-state index is -0.0788. The van der Waals surface area contributed by atoms with E-state index in [0.717, 1.165) is 22.2 Å². The molecular weight excluding hydrogens is 348 g/mol. The van der Waals surface area contributed by atoms with Crippen LogP contribution in [-0.2, 0) is 0 Å². The van der Waals surface area contributed by atoms with E-state index in [0.29, 0.717) is 24.7 Å². The summed E-state index contributed by atoms with van der Waals surface area (Å²) in [4.78, 5) is 28.0. The van der Waals surface area contributed by atoms with Crippen molar-refractivity contribution in [3.8, 4) is 0 Å². The number of anilines is 1. The summed E-state index contributed by atoms with van der Waals surface area (Å²) in [5, 5.41) is 5.21. The number of hydrogen-bond donors (Lipinski definition) is 2. The fraction of sp³-hybridized carbons (Fsp3) is 0.333. The Bertz CT molecular complexity index is 928. The molecule has 2 unspecified atom stereocenters. The number of likely N-dealkylation sites (tertiary alicyclic amines) is 1. The number of pyridine rings is 1. The van der Waals surface area contributed by atoms with E-state index < -0.39 is 0 Å². The van der Waals surface area contributed by atoms with Crippen LogP contribution < -0.4 is 11.1 Å². The van der Waals surface area contributed by atoms with Crippen LogP contribution in [0.2, 0.25) is 0 Å². The van der Waals surface area contributed by atoms with Gasteiger partial charge in [0.2, 0.25) is 5.95 Å². The van der Waals surface area contributed by atoms with Gasteiger partial charge in [-0.1, -0.05) is 6.07 Å². The predicted octanol–water partition coefficient (Wildman–Crippen LogP) is 2.43. The Balaban J connectivity index is 1.65. The molecule has 3 aromatic rings. The maximum absolute atomic E-state index is 13.0. The van der Waals surface area contributed by atoms with Crippen molar-refractivity contribution in [3.05, 3.63) is 47.2 Å². The van der Waals surface area contributed by atoms with Crippen molar-refractivity contribution in [3.63, 3.8) is 0 Å². The van der Waals surface area contributed by atoms with Gasteiger partial charge in [-0.2, -0.15) is 0 Å². The number of nitrogens with two attached hydrogens (primary N) is 1. The topological polar surface area (TPSA) is 97.0 Å². The second-order valence-corrected chi connectivity index (χ2v) is 7.40. The molecule has 3 N–H and O–H groups in total. The first-order valence-electron chi connectivity index (χ1n) is 8.58. The van der Waals surface area contributed by atoms with Crippen molar-refractivity contribution in [2.45, 2.75) is 25.4 Å². The Kier molecular flexibility index (Phi) is 4.52. The second kappa shape index (κ2) is 6.97. The molecule has 1 aliphatic heterocycles. The fourth-order valence-electron chi connectivity index (χ4n) is 3.10. The van der Waals surface area contributed by atoms with Crippen LogP contribution >= 0.6 is 11.3 Å². The van der Waals surface area contributed by atoms with Crippen LogP contribution in [0.15, 0.2) is 36.0 Å². The highest BCUT2D eigenvalue weighted by molar-refractivity contribution is 7.17. The van der Waals surface area contributed by atoms with E-state index in [4.69, 9.17) is 5.73 Å². The molecule has 0 spiro atoms. The SMILES string of the molecule is CC(Nc1nc(C(=O)N2CCC(N)C2)c2sccc2n1)c1cccnc1. The van der Waals surface area contributed by atoms with E-state index in [1.807, 2.05) is 30.5 Å². The first kappa shape index (κ1) is 16.9. The molecule has 4 rings (SSSR count). The average Bonchev–Trinajstić information content (AvgIpc) is 3.30. The van der Waals surface area contributed by atoms with Crippen molar-refractivity contribution >= 4 is 33.4 Å². The third-order valence-electron chi connectivity index (χ3n) is 4.55. The van der Waals surface area contributed by atoms with E-state index in [1.54, 1.807) is 17.3 Å². The lowest BCUT2D eigenvalue weighted by Gasteiger charge is -2.17. The summed E-state index contributed by atoms with van der Waals surface area (Å²) in [6.45, 7) is 3.26. The molecule has 1 amide bonds. The molecule has 0 aromatic carbocycles. The maximum Gasteiger partial charge on any atom is 0.274 e. The van der Waals surface area contributed by atoms with E-state index >= 15 is 0 Å². The number of carbonyl (C=O) groups excluding carboxylic acids is 1. The van der Waals surface area contributed by atoms with E-state index in [-0.39, 0.29) is 18.0 Å². The minimum absolute atomic E-state index is 0.0250. The van der Waals surface area contributed by atoms with Gasteiger partial charge in [0.1, 0.15) is 0 Å². The molecule has 134 valence electrons. The molecule has 3 aromatic heterocycles. The van der Waals surface area contributed by atoms with Crippen LogP contribution in [0.1, 0.15) is 35.4 Å². The number of rotatable bonds is 4. The molecule has 4 heterocycles. The van der Waals surface area contributed by atoms with Crippen LogP contribution in [0.4, 0.5) is 5.95 Å². The van der Waals surface area contributed by atoms with Gasteiger partial charge in [0, 0.05) is 31.5 Å². The molecular formula is C18H20N6OS. The van der Waals surface area contributed by atoms with Gasteiger partial charge in [0.15, 0.2) is 5.69 Å². The monoisotopic (exact) mass is 368 g/mol. The van der Waals surface area contributed by atoms with Crippen LogP contribution in [0.25, 0.3) is 10.2 Å². The molecule has 2 atom stereocenters. The lowest BCUT2D eigenvalue weighted by molar-refractivity contribution is 0.0787. The Morgan fingerprint density at radius 2 is 2.31 bits per heavy atom. The molecule has 1 aliphatic rings. The van der Waals surface area contributed by atoms with Crippen molar-refractivity contribution in [1.82, 2.24) is 19.9 Å². The number of amides is 1. The van der Waals surface area contributed by atoms with Gasteiger partial charge in [-0.15, -0.1) is 11.3 Å². The van der Waals surface area contributed by atoms with E-state index in [1.165, 1.54) is 11.3 Å². The Morgan fingerprint density at radius 3 is 3.04 bits per heavy atom. The van der Waals surface area contributed by atoms with Gasteiger partial charge in [-0.25, -0.2) is 9.97 Å². The molecule has 26 heavy (non-hydrogen) atoms. The van der Waals surface area contributed by atoms with Gasteiger partial charge < -0.3 is 16.0 Å². The number of hydrogen-bond acceptors (Lipinski definition) is 7. The van der Waals surface area contributed by atoms with Crippen LogP contribution in [-0.4, -0.2) is 44.9 Å². The van der Waals surface area contributed by atoms with E-state index in [2.05, 4.69) is 20.3 Å². The molecule has 0 aliphatic carbocycles. The standard InChI is InChI=1S/C18H20N6OS/c1-11(12-3-2-6-20-9-12)21-18-22-14-5-8-26-16(14)15(23-18)17(25)24-7-4-13(19)10-24/h2-3,5-6,8-9,11,13H,4,7,10,19H2,1H3,(H,21,22,23). The van der Waals surface area contributed by atoms with Crippen LogP contribution in [0.3, 0.4) is 0 Å². The molecule has 0 radical (unpaired) electrons. The Labute approximate surface area is 155 Å². The van der Waals surface area contributed by atoms with Gasteiger partial charge in [-0.3, -0.25) is 9.78 Å². The third kappa shape index (κ3) is 3.25. The third-order valence-corrected chi connectivity index (χ3v) is 5.46. The van der Waals surface area contributed by atoms with Crippen molar-refractivity contribution in [2.24, 2.45) is 5.73 Å². The summed E-state index contributed by atoms with van der Waals surface area (Å²) in [5.74, 6) is 0.365. The summed E-state index contributed by atoms with van der Waals surface area (Å²) in [6, 6.07) is 5.81. The molecule has 1 saturated heterocycles. The molecule has 0 saturated carbocycles. The summed E-state index contributed by atoms with van der Waals surface area (Å²) in [7, 11) is 0. The molecule has 8 heteroatoms. The Morgan fingerprint density at radius 1 is 1.42 bits per heavy atom. The van der Waals surface area contributed by atoms with Gasteiger partial charge >= 0.3 is 0 Å². The zero-order valence-corrected chi connectivity index (χ0v) is 15.2. The summed E-state index contributed by atoms with van der Waals surface area (Å²) in [5.41, 5.74) is 8.20. The second-order valence-electron chi connectivity index (χ2n) is 6.48. The average molecular weight is 368 g/mol. The Hall–Kier alpha value is -2.58. The number of aromatic nitrogens is 3. The molecule has 7 nitrogen and oxygen atoms in total. The minimum Gasteiger partial charge on any atom is -0.348 e. The van der Waals surface area contributed by atoms with Gasteiger partial charge in [-0.05, 0) is 36.4 Å². The van der Waals surface area contributed by atoms with Crippen LogP contribution in [0, 0.1) is 0 Å². The largest absolute Gasteiger partial charge is 0.348 e. The lowest BCUT2D eigenvalue weighted by atomic mass is 10.1. The zero-order valence-electron chi connectivity index (χ0n) is 14.4. The highest BCUT2D eigenvalue weighted by atomic mass is 32.1. The van der Waals surface area contributed by atoms with Crippen molar-refractivity contribution < 1.29 is 4.79 Å². The van der Waals surface area contributed by atoms with Gasteiger partial charge in [0.25, 0.3) is 5.91 Å². The number of nitrogens with one attached hydrogen (secondary N) is 1. The number of fused-ring (bicyclic) bond motifs is 1. The molecule has 1 fully saturated rings. The lowest BCUT2D eigenvalue weighted by Crippen LogP contribution is -2.32. The van der Waals surface area contributed by atoms with Crippen LogP contribution in [0.5, 0.6) is 0 Å². The first-order chi connectivity index (χ1) is 12.6. The normalized spacial score (nSPS) is 18.2. The highest BCUT2D eigenvalue weighted by Gasteiger charge is 2.28. The summed E-state index contributed by atoms with van der Waals surface area (Å²) in [6.07, 6.45) is 4.37. The number of thiophene rings is 1. The van der Waals surface area contributed by atoms with Crippen molar-refractivity contribution in [1.29, 1.82) is 0 Å². The number of nitrogens with zero attached hydrogens (tertiary/aromatic N) is 4. The van der Waals surface area contributed by atoms with Crippen molar-refractivity contribution in [2.75, 3.05) is 18.4 Å². The summed E-state index contributed by atoms with van der Waals surface area (Å²) >= 11 is 1.48.